The van der Waals surface area contributed by atoms with Crippen molar-refractivity contribution in [3.8, 4) is 11.8 Å². The van der Waals surface area contributed by atoms with Crippen LogP contribution in [0.2, 0.25) is 0 Å². The number of hydrogen-bond donors (Lipinski definition) is 3. The smallest absolute Gasteiger partial charge is 0.435 e. The molecule has 0 saturated carbocycles. The van der Waals surface area contributed by atoms with Crippen molar-refractivity contribution in [2.45, 2.75) is 60.4 Å². The Morgan fingerprint density at radius 2 is 1.76 bits per heavy atom. The number of esters is 1. The maximum atomic E-state index is 12.9. The number of aryl methyl sites for hydroxylation is 2. The van der Waals surface area contributed by atoms with E-state index in [-0.39, 0.29) is 31.1 Å². The number of ether oxygens (including phenoxy) is 2. The van der Waals surface area contributed by atoms with Crippen LogP contribution in [0.4, 0.5) is 21.0 Å². The highest BCUT2D eigenvalue weighted by atomic mass is 16.5. The molecule has 2 rings (SSSR count). The summed E-state index contributed by atoms with van der Waals surface area (Å²) >= 11 is 0. The molecule has 0 bridgehead atoms. The monoisotopic (exact) mass is 563 g/mol. The first-order valence-electron chi connectivity index (χ1n) is 13.7. The number of hydrogen-bond acceptors (Lipinski definition) is 6. The number of anilines is 2. The molecule has 0 spiro atoms. The van der Waals surface area contributed by atoms with Gasteiger partial charge in [0, 0.05) is 28.5 Å². The number of amidine groups is 1. The summed E-state index contributed by atoms with van der Waals surface area (Å²) in [5.41, 5.74) is 10.8. The van der Waals surface area contributed by atoms with E-state index in [1.807, 2.05) is 58.9 Å². The third kappa shape index (κ3) is 10.5. The van der Waals surface area contributed by atoms with Gasteiger partial charge in [-0.05, 0) is 88.6 Å². The topological polar surface area (TPSA) is 135 Å². The first-order valence-corrected chi connectivity index (χ1v) is 13.7. The minimum absolute atomic E-state index is 0.0969. The molecule has 0 saturated heterocycles. The Bertz CT molecular complexity index is 1290. The Morgan fingerprint density at radius 3 is 2.39 bits per heavy atom. The third-order valence-electron chi connectivity index (χ3n) is 5.95. The van der Waals surface area contributed by atoms with Crippen LogP contribution in [-0.4, -0.2) is 56.3 Å². The summed E-state index contributed by atoms with van der Waals surface area (Å²) in [6.07, 6.45) is 1.01. The zero-order valence-electron chi connectivity index (χ0n) is 24.8. The van der Waals surface area contributed by atoms with Crippen LogP contribution < -0.4 is 21.3 Å². The Kier molecular flexibility index (Phi) is 13.2. The number of unbranched alkanes of at least 4 members (excludes halogenated alkanes) is 1. The van der Waals surface area contributed by atoms with E-state index in [0.29, 0.717) is 18.7 Å². The van der Waals surface area contributed by atoms with Gasteiger partial charge in [-0.15, -0.1) is 0 Å². The van der Waals surface area contributed by atoms with E-state index in [4.69, 9.17) is 15.2 Å². The van der Waals surface area contributed by atoms with E-state index < -0.39 is 12.1 Å². The molecule has 0 aliphatic heterocycles. The van der Waals surface area contributed by atoms with Crippen LogP contribution in [0.1, 0.15) is 62.8 Å². The summed E-state index contributed by atoms with van der Waals surface area (Å²) in [6, 6.07) is 10.6. The van der Waals surface area contributed by atoms with Crippen molar-refractivity contribution in [1.82, 2.24) is 5.32 Å². The molecular formula is C31H41N5O5. The van der Waals surface area contributed by atoms with E-state index in [1.54, 1.807) is 24.0 Å². The molecular weight excluding hydrogens is 522 g/mol. The number of carbonyl (C=O) groups is 3. The minimum Gasteiger partial charge on any atom is -0.465 e. The Hall–Kier alpha value is -4.52. The van der Waals surface area contributed by atoms with Gasteiger partial charge in [-0.2, -0.15) is 4.99 Å². The van der Waals surface area contributed by atoms with Crippen molar-refractivity contribution in [3.05, 3.63) is 58.7 Å². The fourth-order valence-corrected chi connectivity index (χ4v) is 3.81. The number of rotatable bonds is 11. The zero-order chi connectivity index (χ0) is 30.4. The molecule has 0 fully saturated rings. The molecule has 0 aromatic heterocycles. The molecule has 10 heteroatoms. The molecule has 0 aliphatic carbocycles. The average Bonchev–Trinajstić information content (AvgIpc) is 2.92. The van der Waals surface area contributed by atoms with Crippen LogP contribution in [0.25, 0.3) is 0 Å². The molecule has 3 amide bonds. The van der Waals surface area contributed by atoms with Crippen LogP contribution in [-0.2, 0) is 14.3 Å². The van der Waals surface area contributed by atoms with Gasteiger partial charge >= 0.3 is 18.1 Å². The normalized spacial score (nSPS) is 10.9. The Morgan fingerprint density at radius 1 is 1.05 bits per heavy atom. The van der Waals surface area contributed by atoms with Crippen molar-refractivity contribution in [3.63, 3.8) is 0 Å². The molecule has 0 atom stereocenters. The molecule has 2 aromatic rings. The lowest BCUT2D eigenvalue weighted by molar-refractivity contribution is -0.141. The van der Waals surface area contributed by atoms with Gasteiger partial charge in [-0.25, -0.2) is 9.59 Å². The molecule has 220 valence electrons. The van der Waals surface area contributed by atoms with E-state index in [0.717, 1.165) is 40.9 Å². The minimum atomic E-state index is -0.693. The van der Waals surface area contributed by atoms with Crippen LogP contribution >= 0.6 is 0 Å². The highest BCUT2D eigenvalue weighted by Crippen LogP contribution is 2.26. The van der Waals surface area contributed by atoms with Gasteiger partial charge in [0.1, 0.15) is 12.4 Å². The number of urea groups is 1. The van der Waals surface area contributed by atoms with Gasteiger partial charge in [0.15, 0.2) is 0 Å². The lowest BCUT2D eigenvalue weighted by Gasteiger charge is -2.29. The number of nitrogens with one attached hydrogen (secondary N) is 2. The molecule has 0 aliphatic rings. The number of benzene rings is 2. The summed E-state index contributed by atoms with van der Waals surface area (Å²) in [7, 11) is 0. The van der Waals surface area contributed by atoms with E-state index in [2.05, 4.69) is 27.5 Å². The summed E-state index contributed by atoms with van der Waals surface area (Å²) in [5.74, 6) is 5.94. The second-order valence-corrected chi connectivity index (χ2v) is 9.58. The molecule has 0 unspecified atom stereocenters. The average molecular weight is 564 g/mol. The molecule has 4 N–H and O–H groups in total. The summed E-state index contributed by atoms with van der Waals surface area (Å²) < 4.78 is 9.91. The molecule has 41 heavy (non-hydrogen) atoms. The highest BCUT2D eigenvalue weighted by molar-refractivity contribution is 6.03. The van der Waals surface area contributed by atoms with Crippen LogP contribution in [0.15, 0.2) is 41.4 Å². The molecule has 0 radical (unpaired) electrons. The molecule has 0 heterocycles. The van der Waals surface area contributed by atoms with Gasteiger partial charge in [0.2, 0.25) is 0 Å². The fraction of sp³-hybridized carbons (Fsp3) is 0.419. The number of nitrogens with zero attached hydrogens (tertiary/aromatic N) is 2. The predicted molar refractivity (Wildman–Crippen MR) is 162 cm³/mol. The predicted octanol–water partition coefficient (Wildman–Crippen LogP) is 4.90. The number of aliphatic imine (C=N–C) groups is 1. The van der Waals surface area contributed by atoms with Crippen LogP contribution in [0, 0.1) is 25.7 Å². The van der Waals surface area contributed by atoms with Crippen molar-refractivity contribution in [2.75, 3.05) is 36.5 Å². The van der Waals surface area contributed by atoms with E-state index in [1.165, 1.54) is 0 Å². The molecule has 10 nitrogen and oxygen atoms in total. The number of carbonyl (C=O) groups excluding carboxylic acids is 3. The van der Waals surface area contributed by atoms with Crippen molar-refractivity contribution in [1.29, 1.82) is 0 Å². The molecule has 2 aromatic carbocycles. The van der Waals surface area contributed by atoms with Gasteiger partial charge in [-0.1, -0.05) is 25.2 Å². The van der Waals surface area contributed by atoms with Crippen LogP contribution in [0.3, 0.4) is 0 Å². The zero-order valence-corrected chi connectivity index (χ0v) is 24.8. The Labute approximate surface area is 242 Å². The lowest BCUT2D eigenvalue weighted by atomic mass is 10.0. The Balaban J connectivity index is 2.03. The van der Waals surface area contributed by atoms with Gasteiger partial charge in [0.05, 0.1) is 19.8 Å². The van der Waals surface area contributed by atoms with Gasteiger partial charge in [-0.3, -0.25) is 9.69 Å². The maximum absolute atomic E-state index is 12.9. The SMILES string of the molecule is CCCCOC(=O)N=C(N)c1ccc(NCC#Cc2cc(C)c(N(C(=O)NCC(=O)OCC)C(C)C)cc2C)cc1. The number of nitrogens with two attached hydrogens (primary N) is 1. The summed E-state index contributed by atoms with van der Waals surface area (Å²) in [5, 5.41) is 5.87. The lowest BCUT2D eigenvalue weighted by Crippen LogP contribution is -2.46. The van der Waals surface area contributed by atoms with Crippen molar-refractivity contribution < 1.29 is 23.9 Å². The van der Waals surface area contributed by atoms with Gasteiger partial charge in [0.25, 0.3) is 0 Å². The van der Waals surface area contributed by atoms with E-state index >= 15 is 0 Å². The maximum Gasteiger partial charge on any atom is 0.435 e. The van der Waals surface area contributed by atoms with Crippen molar-refractivity contribution in [2.24, 2.45) is 10.7 Å². The first kappa shape index (κ1) is 32.7. The quantitative estimate of drug-likeness (QED) is 0.116. The fourth-order valence-electron chi connectivity index (χ4n) is 3.81. The van der Waals surface area contributed by atoms with E-state index in [9.17, 15) is 14.4 Å². The second-order valence-electron chi connectivity index (χ2n) is 9.58. The standard InChI is InChI=1S/C31H41N5O5/c1-7-9-17-41-31(39)35-29(32)24-12-14-26(15-13-24)33-16-10-11-25-18-23(6)27(19-22(25)5)36(21(3)4)30(38)34-20-28(37)40-8-2/h12-15,18-19,21,33H,7-9,16-17,20H2,1-6H3,(H,34,38)(H2,32,35,39). The highest BCUT2D eigenvalue weighted by Gasteiger charge is 2.22. The number of amides is 3. The van der Waals surface area contributed by atoms with Crippen molar-refractivity contribution >= 4 is 35.3 Å². The summed E-state index contributed by atoms with van der Waals surface area (Å²) in [4.78, 5) is 41.7. The van der Waals surface area contributed by atoms with Gasteiger partial charge < -0.3 is 25.8 Å². The second kappa shape index (κ2) is 16.6. The van der Waals surface area contributed by atoms with Crippen LogP contribution in [0.5, 0.6) is 0 Å². The third-order valence-corrected chi connectivity index (χ3v) is 5.95. The first-order chi connectivity index (χ1) is 19.6. The summed E-state index contributed by atoms with van der Waals surface area (Å²) in [6.45, 7) is 12.2. The largest absolute Gasteiger partial charge is 0.465 e.